The Morgan fingerprint density at radius 2 is 1.97 bits per heavy atom. The van der Waals surface area contributed by atoms with Gasteiger partial charge in [-0.25, -0.2) is 0 Å². The minimum Gasteiger partial charge on any atom is -0.504 e. The number of phenolic OH excluding ortho intramolecular Hbond substituents is 1. The summed E-state index contributed by atoms with van der Waals surface area (Å²) in [6, 6.07) is 5.48. The van der Waals surface area contributed by atoms with E-state index in [1.54, 1.807) is 6.08 Å². The lowest BCUT2D eigenvalue weighted by Crippen LogP contribution is -2.64. The highest BCUT2D eigenvalue weighted by molar-refractivity contribution is 5.85. The Kier molecular flexibility index (Phi) is 3.98. The highest BCUT2D eigenvalue weighted by Crippen LogP contribution is 2.64. The van der Waals surface area contributed by atoms with Crippen LogP contribution in [0.3, 0.4) is 0 Å². The van der Waals surface area contributed by atoms with Gasteiger partial charge in [-0.05, 0) is 49.7 Å². The molecular formula is C23H21N3O7. The summed E-state index contributed by atoms with van der Waals surface area (Å²) in [6.07, 6.45) is 3.59. The summed E-state index contributed by atoms with van der Waals surface area (Å²) in [5, 5.41) is 45.2. The third-order valence-electron chi connectivity index (χ3n) is 7.96. The molecule has 2 aliphatic heterocycles. The number of likely N-dealkylation sites (tertiary alicyclic amines) is 1. The number of ether oxygens (including phenoxy) is 1. The van der Waals surface area contributed by atoms with Crippen molar-refractivity contribution in [1.29, 1.82) is 0 Å². The molecule has 0 radical (unpaired) electrons. The third kappa shape index (κ3) is 2.39. The van der Waals surface area contributed by atoms with Crippen molar-refractivity contribution in [1.82, 2.24) is 4.90 Å². The molecular weight excluding hydrogens is 430 g/mol. The normalized spacial score (nSPS) is 31.1. The molecule has 4 aliphatic rings. The number of hydrogen-bond donors (Lipinski definition) is 2. The quantitative estimate of drug-likeness (QED) is 0.412. The molecule has 2 N–H and O–H groups in total. The van der Waals surface area contributed by atoms with Gasteiger partial charge < -0.3 is 19.8 Å². The molecule has 170 valence electrons. The van der Waals surface area contributed by atoms with Crippen LogP contribution in [0.2, 0.25) is 0 Å². The summed E-state index contributed by atoms with van der Waals surface area (Å²) in [6.45, 7) is 0.780. The van der Waals surface area contributed by atoms with Crippen LogP contribution >= 0.6 is 0 Å². The maximum Gasteiger partial charge on any atom is 0.353 e. The molecule has 2 aromatic carbocycles. The minimum absolute atomic E-state index is 0.0492. The number of aromatic hydroxyl groups is 1. The largest absolute Gasteiger partial charge is 0.504 e. The van der Waals surface area contributed by atoms with Crippen molar-refractivity contribution in [3.05, 3.63) is 67.8 Å². The van der Waals surface area contributed by atoms with Crippen LogP contribution in [0.4, 0.5) is 11.4 Å². The van der Waals surface area contributed by atoms with Crippen LogP contribution in [0.5, 0.6) is 11.5 Å². The number of piperidine rings is 1. The average molecular weight is 451 g/mol. The number of nitrogens with zero attached hydrogens (tertiary/aromatic N) is 3. The van der Waals surface area contributed by atoms with Gasteiger partial charge in [0.1, 0.15) is 12.2 Å². The van der Waals surface area contributed by atoms with Gasteiger partial charge in [-0.15, -0.1) is 0 Å². The number of aliphatic hydroxyl groups is 1. The zero-order chi connectivity index (χ0) is 23.2. The molecule has 1 spiro atoms. The molecule has 0 unspecified atom stereocenters. The van der Waals surface area contributed by atoms with Crippen molar-refractivity contribution in [2.45, 2.75) is 36.5 Å². The first-order valence-electron chi connectivity index (χ1n) is 10.8. The van der Waals surface area contributed by atoms with Crippen LogP contribution in [-0.2, 0) is 11.8 Å². The van der Waals surface area contributed by atoms with Crippen molar-refractivity contribution in [3.8, 4) is 22.6 Å². The molecule has 10 heteroatoms. The van der Waals surface area contributed by atoms with Gasteiger partial charge in [-0.1, -0.05) is 18.2 Å². The molecule has 6 rings (SSSR count). The van der Waals surface area contributed by atoms with Crippen molar-refractivity contribution in [2.24, 2.45) is 5.92 Å². The maximum absolute atomic E-state index is 11.9. The number of para-hydroxylation sites is 1. The molecule has 2 bridgehead atoms. The summed E-state index contributed by atoms with van der Waals surface area (Å²) < 4.78 is 6.18. The molecule has 0 saturated carbocycles. The van der Waals surface area contributed by atoms with Gasteiger partial charge in [-0.2, -0.15) is 0 Å². The van der Waals surface area contributed by atoms with E-state index in [-0.39, 0.29) is 23.3 Å². The van der Waals surface area contributed by atoms with Crippen LogP contribution < -0.4 is 4.74 Å². The van der Waals surface area contributed by atoms with Gasteiger partial charge in [0.15, 0.2) is 11.5 Å². The zero-order valence-electron chi connectivity index (χ0n) is 17.7. The van der Waals surface area contributed by atoms with Crippen LogP contribution in [-0.4, -0.2) is 56.8 Å². The molecule has 0 aromatic heterocycles. The molecule has 0 amide bonds. The summed E-state index contributed by atoms with van der Waals surface area (Å²) in [7, 11) is 2.03. The van der Waals surface area contributed by atoms with E-state index in [4.69, 9.17) is 4.74 Å². The molecule has 1 saturated heterocycles. The minimum atomic E-state index is -0.848. The first-order chi connectivity index (χ1) is 15.8. The Bertz CT molecular complexity index is 1280. The second-order valence-electron chi connectivity index (χ2n) is 9.30. The first-order valence-corrected chi connectivity index (χ1v) is 10.8. The summed E-state index contributed by atoms with van der Waals surface area (Å²) in [5.41, 5.74) is 0.276. The number of aliphatic hydroxyl groups excluding tert-OH is 1. The van der Waals surface area contributed by atoms with Gasteiger partial charge in [0.2, 0.25) is 0 Å². The van der Waals surface area contributed by atoms with E-state index in [0.717, 1.165) is 23.7 Å². The van der Waals surface area contributed by atoms with Gasteiger partial charge in [0, 0.05) is 29.0 Å². The number of rotatable bonds is 3. The fraction of sp³-hybridized carbons (Fsp3) is 0.391. The predicted octanol–water partition coefficient (Wildman–Crippen LogP) is 2.68. The van der Waals surface area contributed by atoms with Crippen LogP contribution in [0.1, 0.15) is 17.5 Å². The van der Waals surface area contributed by atoms with Gasteiger partial charge in [0.05, 0.1) is 15.4 Å². The Hall–Kier alpha value is -3.50. The monoisotopic (exact) mass is 451 g/mol. The van der Waals surface area contributed by atoms with Crippen LogP contribution in [0.15, 0.2) is 36.4 Å². The lowest BCUT2D eigenvalue weighted by molar-refractivity contribution is -0.422. The van der Waals surface area contributed by atoms with E-state index in [1.807, 2.05) is 13.1 Å². The van der Waals surface area contributed by atoms with Crippen molar-refractivity contribution >= 4 is 11.4 Å². The van der Waals surface area contributed by atoms with E-state index in [9.17, 15) is 30.4 Å². The van der Waals surface area contributed by atoms with E-state index >= 15 is 0 Å². The summed E-state index contributed by atoms with van der Waals surface area (Å²) in [5.74, 6) is 0.174. The smallest absolute Gasteiger partial charge is 0.353 e. The van der Waals surface area contributed by atoms with Gasteiger partial charge in [0.25, 0.3) is 0 Å². The van der Waals surface area contributed by atoms with Gasteiger partial charge in [-0.3, -0.25) is 20.2 Å². The number of nitro benzene ring substituents is 2. The Labute approximate surface area is 188 Å². The zero-order valence-corrected chi connectivity index (χ0v) is 17.7. The number of hydrogen-bond acceptors (Lipinski definition) is 8. The Morgan fingerprint density at radius 1 is 1.18 bits per heavy atom. The van der Waals surface area contributed by atoms with E-state index in [0.29, 0.717) is 24.2 Å². The van der Waals surface area contributed by atoms with Crippen LogP contribution in [0, 0.1) is 26.1 Å². The van der Waals surface area contributed by atoms with E-state index in [2.05, 4.69) is 4.90 Å². The maximum atomic E-state index is 11.9. The van der Waals surface area contributed by atoms with Crippen molar-refractivity contribution in [3.63, 3.8) is 0 Å². The molecule has 5 atom stereocenters. The highest BCUT2D eigenvalue weighted by Gasteiger charge is 2.64. The Balaban J connectivity index is 1.68. The van der Waals surface area contributed by atoms with Gasteiger partial charge >= 0.3 is 11.4 Å². The van der Waals surface area contributed by atoms with E-state index in [1.165, 1.54) is 18.2 Å². The molecule has 2 aliphatic carbocycles. The van der Waals surface area contributed by atoms with Crippen molar-refractivity contribution in [2.75, 3.05) is 13.6 Å². The fourth-order valence-electron chi connectivity index (χ4n) is 6.65. The molecule has 2 heterocycles. The molecule has 1 fully saturated rings. The standard InChI is InChI=1S/C23H21N3O7/c1-24-8-7-23-14-5-6-17(27)22(23)33-21-18(28)10-12(13(19(21)23)9-16(14)24)11-3-2-4-15(25(29)30)20(11)26(31)32/h2-6,10,14,16-17,22,27-28H,7-9H2,1H3/t14-,16+,17-,22-,23-/m0/s1. The second kappa shape index (κ2) is 6.52. The molecule has 33 heavy (non-hydrogen) atoms. The highest BCUT2D eigenvalue weighted by atomic mass is 16.6. The number of likely N-dealkylation sites (N-methyl/N-ethyl adjacent to an activating group) is 1. The van der Waals surface area contributed by atoms with E-state index < -0.39 is 38.8 Å². The lowest BCUT2D eigenvalue weighted by Gasteiger charge is -2.56. The SMILES string of the molecule is CN1CC[C@]23c4c5c(-c6cccc([N+](=O)[O-])c6[N+](=O)[O-])cc(O)c4O[C@H]2[C@@H](O)C=C[C@H]3[C@H]1C5. The molecule has 10 nitrogen and oxygen atoms in total. The lowest BCUT2D eigenvalue weighted by atomic mass is 9.53. The van der Waals surface area contributed by atoms with Crippen LogP contribution in [0.25, 0.3) is 11.1 Å². The third-order valence-corrected chi connectivity index (χ3v) is 7.96. The predicted molar refractivity (Wildman–Crippen MR) is 116 cm³/mol. The number of phenols is 1. The number of nitro groups is 2. The first kappa shape index (κ1) is 20.1. The topological polar surface area (TPSA) is 139 Å². The second-order valence-corrected chi connectivity index (χ2v) is 9.30. The average Bonchev–Trinajstić information content (AvgIpc) is 3.14. The summed E-state index contributed by atoms with van der Waals surface area (Å²) >= 11 is 0. The fourth-order valence-corrected chi connectivity index (χ4v) is 6.65. The van der Waals surface area contributed by atoms with Crippen molar-refractivity contribution < 1.29 is 24.8 Å². The Morgan fingerprint density at radius 3 is 2.70 bits per heavy atom. The molecule has 2 aromatic rings. The number of benzene rings is 2. The summed E-state index contributed by atoms with van der Waals surface area (Å²) in [4.78, 5) is 24.2.